The fourth-order valence-electron chi connectivity index (χ4n) is 4.64. The van der Waals surface area contributed by atoms with E-state index in [2.05, 4.69) is 74.6 Å². The van der Waals surface area contributed by atoms with Crippen molar-refractivity contribution >= 4 is 11.3 Å². The largest absolute Gasteiger partial charge is 0.497 e. The molecule has 0 unspecified atom stereocenters. The number of allylic oxidation sites excluding steroid dienone is 1. The first-order valence-electron chi connectivity index (χ1n) is 10.0. The van der Waals surface area contributed by atoms with Gasteiger partial charge in [0.2, 0.25) is 0 Å². The maximum Gasteiger partial charge on any atom is 0.150 e. The molecule has 0 radical (unpaired) electrons. The van der Waals surface area contributed by atoms with Crippen molar-refractivity contribution in [2.75, 3.05) is 12.4 Å². The average Bonchev–Trinajstić information content (AvgIpc) is 2.71. The number of ether oxygens (including phenoxy) is 2. The van der Waals surface area contributed by atoms with Crippen LogP contribution >= 0.6 is 0 Å². The van der Waals surface area contributed by atoms with E-state index in [1.807, 2.05) is 18.2 Å². The van der Waals surface area contributed by atoms with Crippen LogP contribution < -0.4 is 14.8 Å². The number of para-hydroxylation sites is 1. The Morgan fingerprint density at radius 3 is 2.45 bits per heavy atom. The van der Waals surface area contributed by atoms with E-state index in [0.29, 0.717) is 0 Å². The molecule has 5 rings (SSSR count). The van der Waals surface area contributed by atoms with Crippen LogP contribution in [0.3, 0.4) is 0 Å². The molecule has 0 amide bonds. The number of nitrogens with one attached hydrogen (secondary N) is 1. The van der Waals surface area contributed by atoms with Gasteiger partial charge in [-0.2, -0.15) is 0 Å². The van der Waals surface area contributed by atoms with Crippen molar-refractivity contribution in [3.63, 3.8) is 0 Å². The third-order valence-corrected chi connectivity index (χ3v) is 5.78. The van der Waals surface area contributed by atoms with E-state index in [1.165, 1.54) is 22.3 Å². The van der Waals surface area contributed by atoms with E-state index in [-0.39, 0.29) is 11.6 Å². The summed E-state index contributed by atoms with van der Waals surface area (Å²) in [5.41, 5.74) is 8.34. The number of methoxy groups -OCH3 is 1. The topological polar surface area (TPSA) is 30.5 Å². The molecule has 3 heteroatoms. The van der Waals surface area contributed by atoms with Crippen LogP contribution in [0.25, 0.3) is 16.7 Å². The van der Waals surface area contributed by atoms with Gasteiger partial charge in [-0.25, -0.2) is 0 Å². The quantitative estimate of drug-likeness (QED) is 0.551. The van der Waals surface area contributed by atoms with Gasteiger partial charge in [0.25, 0.3) is 0 Å². The SMILES string of the molecule is COc1ccc([C@@H]2Oc3ccccc3-c3ccc4c(c32)C(C)=CC(C)(C)N4)cc1. The van der Waals surface area contributed by atoms with Crippen LogP contribution in [-0.2, 0) is 0 Å². The van der Waals surface area contributed by atoms with Gasteiger partial charge in [-0.1, -0.05) is 42.5 Å². The second-order valence-electron chi connectivity index (χ2n) is 8.39. The van der Waals surface area contributed by atoms with Crippen LogP contribution in [0.15, 0.2) is 66.7 Å². The summed E-state index contributed by atoms with van der Waals surface area (Å²) in [5.74, 6) is 1.77. The minimum Gasteiger partial charge on any atom is -0.497 e. The van der Waals surface area contributed by atoms with Crippen molar-refractivity contribution in [2.24, 2.45) is 0 Å². The van der Waals surface area contributed by atoms with Crippen LogP contribution in [0.4, 0.5) is 5.69 Å². The molecule has 3 nitrogen and oxygen atoms in total. The van der Waals surface area contributed by atoms with Crippen LogP contribution in [0.5, 0.6) is 11.5 Å². The standard InChI is InChI=1S/C26H25NO2/c1-16-15-26(2,3)27-21-14-13-20-19-7-5-6-8-22(19)29-25(24(20)23(16)21)17-9-11-18(28-4)12-10-17/h5-15,25,27H,1-4H3/t25-/m0/s1. The minimum atomic E-state index is -0.174. The molecular formula is C26H25NO2. The Morgan fingerprint density at radius 2 is 1.69 bits per heavy atom. The van der Waals surface area contributed by atoms with Gasteiger partial charge in [0.05, 0.1) is 12.6 Å². The minimum absolute atomic E-state index is 0.0750. The Balaban J connectivity index is 1.77. The lowest BCUT2D eigenvalue weighted by Gasteiger charge is -2.37. The fourth-order valence-corrected chi connectivity index (χ4v) is 4.64. The fraction of sp³-hybridized carbons (Fsp3) is 0.231. The molecule has 2 aliphatic rings. The van der Waals surface area contributed by atoms with Crippen LogP contribution in [0.1, 0.15) is 43.6 Å². The summed E-state index contributed by atoms with van der Waals surface area (Å²) < 4.78 is 11.9. The zero-order valence-electron chi connectivity index (χ0n) is 17.2. The molecule has 1 N–H and O–H groups in total. The first-order chi connectivity index (χ1) is 14.0. The molecule has 1 atom stereocenters. The maximum absolute atomic E-state index is 6.59. The highest BCUT2D eigenvalue weighted by atomic mass is 16.5. The zero-order chi connectivity index (χ0) is 20.2. The number of benzene rings is 3. The Morgan fingerprint density at radius 1 is 0.931 bits per heavy atom. The zero-order valence-corrected chi connectivity index (χ0v) is 17.2. The van der Waals surface area contributed by atoms with Crippen molar-refractivity contribution in [3.8, 4) is 22.6 Å². The number of anilines is 1. The van der Waals surface area contributed by atoms with Gasteiger partial charge in [0.15, 0.2) is 6.10 Å². The average molecular weight is 383 g/mol. The Bertz CT molecular complexity index is 1130. The lowest BCUT2D eigenvalue weighted by Crippen LogP contribution is -2.32. The third kappa shape index (κ3) is 2.89. The monoisotopic (exact) mass is 383 g/mol. The predicted molar refractivity (Wildman–Crippen MR) is 119 cm³/mol. The van der Waals surface area contributed by atoms with Gasteiger partial charge in [-0.05, 0) is 61.7 Å². The van der Waals surface area contributed by atoms with E-state index < -0.39 is 0 Å². The first-order valence-corrected chi connectivity index (χ1v) is 10.0. The van der Waals surface area contributed by atoms with Gasteiger partial charge in [0.1, 0.15) is 11.5 Å². The highest BCUT2D eigenvalue weighted by Crippen LogP contribution is 2.50. The first kappa shape index (κ1) is 17.9. The Kier molecular flexibility index (Phi) is 3.95. The van der Waals surface area contributed by atoms with E-state index >= 15 is 0 Å². The lowest BCUT2D eigenvalue weighted by molar-refractivity contribution is 0.243. The van der Waals surface area contributed by atoms with Crippen molar-refractivity contribution in [3.05, 3.63) is 83.4 Å². The van der Waals surface area contributed by atoms with E-state index in [1.54, 1.807) is 7.11 Å². The summed E-state index contributed by atoms with van der Waals surface area (Å²) in [5, 5.41) is 3.68. The molecule has 2 aliphatic heterocycles. The summed E-state index contributed by atoms with van der Waals surface area (Å²) in [6, 6.07) is 20.9. The molecule has 29 heavy (non-hydrogen) atoms. The molecule has 146 valence electrons. The summed E-state index contributed by atoms with van der Waals surface area (Å²) in [7, 11) is 1.69. The van der Waals surface area contributed by atoms with Crippen molar-refractivity contribution < 1.29 is 9.47 Å². The van der Waals surface area contributed by atoms with Gasteiger partial charge >= 0.3 is 0 Å². The summed E-state index contributed by atoms with van der Waals surface area (Å²) in [4.78, 5) is 0. The summed E-state index contributed by atoms with van der Waals surface area (Å²) in [6.45, 7) is 6.60. The number of fused-ring (bicyclic) bond motifs is 5. The summed E-state index contributed by atoms with van der Waals surface area (Å²) >= 11 is 0. The van der Waals surface area contributed by atoms with Crippen LogP contribution in [-0.4, -0.2) is 12.6 Å². The Hall–Kier alpha value is -3.20. The van der Waals surface area contributed by atoms with Crippen molar-refractivity contribution in [1.29, 1.82) is 0 Å². The molecule has 2 heterocycles. The number of hydrogen-bond donors (Lipinski definition) is 1. The normalized spacial score (nSPS) is 18.3. The second kappa shape index (κ2) is 6.41. The molecular weight excluding hydrogens is 358 g/mol. The third-order valence-electron chi connectivity index (χ3n) is 5.78. The molecule has 0 aromatic heterocycles. The second-order valence-corrected chi connectivity index (χ2v) is 8.39. The molecule has 0 fully saturated rings. The van der Waals surface area contributed by atoms with E-state index in [0.717, 1.165) is 28.3 Å². The van der Waals surface area contributed by atoms with Gasteiger partial charge < -0.3 is 14.8 Å². The molecule has 0 spiro atoms. The molecule has 3 aromatic carbocycles. The smallest absolute Gasteiger partial charge is 0.150 e. The van der Waals surface area contributed by atoms with Crippen LogP contribution in [0, 0.1) is 0 Å². The number of rotatable bonds is 2. The maximum atomic E-state index is 6.59. The van der Waals surface area contributed by atoms with Gasteiger partial charge in [-0.15, -0.1) is 0 Å². The van der Waals surface area contributed by atoms with E-state index in [4.69, 9.17) is 9.47 Å². The highest BCUT2D eigenvalue weighted by molar-refractivity contribution is 5.90. The van der Waals surface area contributed by atoms with Gasteiger partial charge in [-0.3, -0.25) is 0 Å². The lowest BCUT2D eigenvalue weighted by atomic mass is 9.80. The van der Waals surface area contributed by atoms with Gasteiger partial charge in [0, 0.05) is 22.4 Å². The highest BCUT2D eigenvalue weighted by Gasteiger charge is 2.34. The summed E-state index contributed by atoms with van der Waals surface area (Å²) in [6.07, 6.45) is 2.13. The predicted octanol–water partition coefficient (Wildman–Crippen LogP) is 6.45. The molecule has 0 saturated carbocycles. The Labute approximate surface area is 172 Å². The van der Waals surface area contributed by atoms with Crippen molar-refractivity contribution in [1.82, 2.24) is 0 Å². The number of hydrogen-bond acceptors (Lipinski definition) is 3. The molecule has 0 saturated heterocycles. The van der Waals surface area contributed by atoms with E-state index in [9.17, 15) is 0 Å². The van der Waals surface area contributed by atoms with Crippen LogP contribution in [0.2, 0.25) is 0 Å². The molecule has 0 aliphatic carbocycles. The molecule has 0 bridgehead atoms. The molecule has 3 aromatic rings. The van der Waals surface area contributed by atoms with Crippen molar-refractivity contribution in [2.45, 2.75) is 32.4 Å².